The van der Waals surface area contributed by atoms with Crippen LogP contribution in [0.2, 0.25) is 0 Å². The van der Waals surface area contributed by atoms with Gasteiger partial charge in [-0.25, -0.2) is 4.57 Å². The zero-order chi connectivity index (χ0) is 24.5. The highest BCUT2D eigenvalue weighted by Gasteiger charge is 2.53. The predicted molar refractivity (Wildman–Crippen MR) is 112 cm³/mol. The first kappa shape index (κ1) is 28.4. The highest BCUT2D eigenvalue weighted by molar-refractivity contribution is 8.55. The molecule has 1 saturated heterocycles. The van der Waals surface area contributed by atoms with E-state index in [0.29, 0.717) is 11.4 Å². The fourth-order valence-corrected chi connectivity index (χ4v) is 6.86. The SMILES string of the molecule is CCOP(=O)(OCC)S[C@H]1O[C@H](COC(C)=O)[C@@H](OC(C)=O)[C@H](OC(C)=O)[C@H]1NC(C)=O. The zero-order valence-corrected chi connectivity index (χ0v) is 20.6. The summed E-state index contributed by atoms with van der Waals surface area (Å²) in [6, 6.07) is -1.10. The van der Waals surface area contributed by atoms with E-state index in [1.807, 2.05) is 0 Å². The maximum atomic E-state index is 13.1. The van der Waals surface area contributed by atoms with E-state index in [9.17, 15) is 23.7 Å². The molecule has 1 fully saturated rings. The van der Waals surface area contributed by atoms with Crippen LogP contribution in [0.15, 0.2) is 0 Å². The maximum absolute atomic E-state index is 13.1. The van der Waals surface area contributed by atoms with Crippen molar-refractivity contribution in [3.63, 3.8) is 0 Å². The summed E-state index contributed by atoms with van der Waals surface area (Å²) < 4.78 is 45.3. The summed E-state index contributed by atoms with van der Waals surface area (Å²) in [5.74, 6) is -2.58. The number of esters is 3. The summed E-state index contributed by atoms with van der Waals surface area (Å²) >= 11 is 0.659. The minimum Gasteiger partial charge on any atom is -0.463 e. The Hall–Kier alpha value is -1.66. The minimum atomic E-state index is -3.76. The molecule has 0 saturated carbocycles. The Labute approximate surface area is 190 Å². The Bertz CT molecular complexity index is 724. The number of rotatable bonds is 11. The van der Waals surface area contributed by atoms with Gasteiger partial charge in [0.1, 0.15) is 24.2 Å². The number of amides is 1. The van der Waals surface area contributed by atoms with E-state index in [4.69, 9.17) is 28.0 Å². The topological polar surface area (TPSA) is 153 Å². The first-order valence-electron chi connectivity index (χ1n) is 9.90. The lowest BCUT2D eigenvalue weighted by atomic mass is 9.97. The fraction of sp³-hybridized carbons (Fsp3) is 0.778. The van der Waals surface area contributed by atoms with E-state index in [-0.39, 0.29) is 19.8 Å². The van der Waals surface area contributed by atoms with Crippen LogP contribution >= 0.6 is 18.2 Å². The van der Waals surface area contributed by atoms with Gasteiger partial charge in [-0.1, -0.05) is 0 Å². The molecule has 1 aliphatic rings. The summed E-state index contributed by atoms with van der Waals surface area (Å²) in [4.78, 5) is 46.8. The van der Waals surface area contributed by atoms with Gasteiger partial charge in [0.25, 0.3) is 0 Å². The normalized spacial score (nSPS) is 25.5. The Morgan fingerprint density at radius 1 is 0.906 bits per heavy atom. The second-order valence-electron chi connectivity index (χ2n) is 6.61. The van der Waals surface area contributed by atoms with Gasteiger partial charge in [-0.15, -0.1) is 0 Å². The lowest BCUT2D eigenvalue weighted by molar-refractivity contribution is -0.211. The number of nitrogens with one attached hydrogen (secondary N) is 1. The molecule has 0 spiro atoms. The molecule has 0 aromatic heterocycles. The van der Waals surface area contributed by atoms with Crippen LogP contribution in [0.5, 0.6) is 0 Å². The van der Waals surface area contributed by atoms with Gasteiger partial charge in [0, 0.05) is 27.7 Å². The van der Waals surface area contributed by atoms with Crippen LogP contribution < -0.4 is 5.32 Å². The van der Waals surface area contributed by atoms with Crippen molar-refractivity contribution >= 4 is 42.0 Å². The molecule has 32 heavy (non-hydrogen) atoms. The van der Waals surface area contributed by atoms with Crippen LogP contribution in [0, 0.1) is 0 Å². The third-order valence-corrected chi connectivity index (χ3v) is 7.93. The third-order valence-electron chi connectivity index (χ3n) is 3.88. The average molecular weight is 499 g/mol. The Kier molecular flexibility index (Phi) is 11.7. The molecule has 0 radical (unpaired) electrons. The fourth-order valence-electron chi connectivity index (χ4n) is 2.92. The third kappa shape index (κ3) is 9.07. The van der Waals surface area contributed by atoms with Crippen LogP contribution in [0.25, 0.3) is 0 Å². The van der Waals surface area contributed by atoms with Gasteiger partial charge in [-0.05, 0) is 25.2 Å². The van der Waals surface area contributed by atoms with Gasteiger partial charge in [-0.2, -0.15) is 0 Å². The quantitative estimate of drug-likeness (QED) is 0.249. The summed E-state index contributed by atoms with van der Waals surface area (Å²) in [6.45, 7) is 3.96. The molecule has 14 heteroatoms. The highest BCUT2D eigenvalue weighted by Crippen LogP contribution is 2.63. The van der Waals surface area contributed by atoms with E-state index in [1.54, 1.807) is 13.8 Å². The predicted octanol–water partition coefficient (Wildman–Crippen LogP) is 1.56. The molecule has 1 rings (SSSR count). The van der Waals surface area contributed by atoms with Crippen molar-refractivity contribution < 1.29 is 51.7 Å². The zero-order valence-electron chi connectivity index (χ0n) is 18.9. The van der Waals surface area contributed by atoms with E-state index < -0.39 is 60.4 Å². The summed E-state index contributed by atoms with van der Waals surface area (Å²) in [7, 11) is 0. The van der Waals surface area contributed by atoms with Crippen LogP contribution in [0.4, 0.5) is 0 Å². The molecule has 1 amide bonds. The standard InChI is InChI=1S/C18H30NO11PS/c1-7-26-31(24,27-8-2)32-18-15(19-10(3)20)17(29-13(6)23)16(28-12(5)22)14(30-18)9-25-11(4)21/h14-18H,7-9H2,1-6H3,(H,19,20)/t14-,15-,16-,17-,18-/m1/s1. The molecule has 12 nitrogen and oxygen atoms in total. The molecular formula is C18H30NO11PS. The van der Waals surface area contributed by atoms with Crippen LogP contribution in [0.1, 0.15) is 41.5 Å². The average Bonchev–Trinajstić information content (AvgIpc) is 2.64. The molecule has 1 heterocycles. The number of hydrogen-bond donors (Lipinski definition) is 1. The molecule has 184 valence electrons. The lowest BCUT2D eigenvalue weighted by Gasteiger charge is -2.45. The second kappa shape index (κ2) is 13.1. The monoisotopic (exact) mass is 499 g/mol. The molecule has 0 bridgehead atoms. The number of carbonyl (C=O) groups is 4. The highest BCUT2D eigenvalue weighted by atomic mass is 32.7. The molecule has 0 unspecified atom stereocenters. The molecule has 0 aromatic carbocycles. The molecule has 0 aromatic rings. The van der Waals surface area contributed by atoms with Crippen molar-refractivity contribution in [3.8, 4) is 0 Å². The van der Waals surface area contributed by atoms with E-state index in [0.717, 1.165) is 13.8 Å². The van der Waals surface area contributed by atoms with Gasteiger partial charge in [-0.3, -0.25) is 19.2 Å². The van der Waals surface area contributed by atoms with Crippen molar-refractivity contribution in [2.45, 2.75) is 71.3 Å². The van der Waals surface area contributed by atoms with Crippen molar-refractivity contribution in [3.05, 3.63) is 0 Å². The Morgan fingerprint density at radius 2 is 1.44 bits per heavy atom. The summed E-state index contributed by atoms with van der Waals surface area (Å²) in [5, 5.41) is 2.59. The molecule has 1 aliphatic heterocycles. The van der Waals surface area contributed by atoms with Gasteiger partial charge in [0.15, 0.2) is 12.2 Å². The van der Waals surface area contributed by atoms with Crippen molar-refractivity contribution in [2.75, 3.05) is 19.8 Å². The Morgan fingerprint density at radius 3 is 1.88 bits per heavy atom. The second-order valence-corrected chi connectivity index (χ2v) is 10.7. The number of ether oxygens (including phenoxy) is 4. The maximum Gasteiger partial charge on any atom is 0.391 e. The van der Waals surface area contributed by atoms with Crippen molar-refractivity contribution in [2.24, 2.45) is 0 Å². The first-order valence-corrected chi connectivity index (χ1v) is 12.9. The van der Waals surface area contributed by atoms with E-state index in [1.165, 1.54) is 13.8 Å². The van der Waals surface area contributed by atoms with Gasteiger partial charge in [0.05, 0.1) is 13.2 Å². The van der Waals surface area contributed by atoms with Crippen LogP contribution in [-0.2, 0) is 51.7 Å². The van der Waals surface area contributed by atoms with E-state index in [2.05, 4.69) is 5.32 Å². The van der Waals surface area contributed by atoms with Gasteiger partial charge < -0.3 is 33.3 Å². The number of carbonyl (C=O) groups excluding carboxylic acids is 4. The van der Waals surface area contributed by atoms with Crippen molar-refractivity contribution in [1.82, 2.24) is 5.32 Å². The van der Waals surface area contributed by atoms with Gasteiger partial charge in [0.2, 0.25) is 5.91 Å². The summed E-state index contributed by atoms with van der Waals surface area (Å²) in [5.41, 5.74) is -1.14. The minimum absolute atomic E-state index is 0.0716. The largest absolute Gasteiger partial charge is 0.463 e. The number of hydrogen-bond acceptors (Lipinski definition) is 12. The van der Waals surface area contributed by atoms with Crippen LogP contribution in [0.3, 0.4) is 0 Å². The molecular weight excluding hydrogens is 469 g/mol. The van der Waals surface area contributed by atoms with Crippen molar-refractivity contribution in [1.29, 1.82) is 0 Å². The molecule has 0 aliphatic carbocycles. The Balaban J connectivity index is 3.43. The lowest BCUT2D eigenvalue weighted by Crippen LogP contribution is -2.65. The molecule has 1 N–H and O–H groups in total. The van der Waals surface area contributed by atoms with Gasteiger partial charge >= 0.3 is 24.7 Å². The smallest absolute Gasteiger partial charge is 0.391 e. The molecule has 5 atom stereocenters. The summed E-state index contributed by atoms with van der Waals surface area (Å²) in [6.07, 6.45) is -3.59. The van der Waals surface area contributed by atoms with E-state index >= 15 is 0 Å². The van der Waals surface area contributed by atoms with Crippen LogP contribution in [-0.4, -0.2) is 73.4 Å². The first-order chi connectivity index (χ1) is 14.9.